The number of benzene rings is 1. The molecule has 0 aliphatic carbocycles. The van der Waals surface area contributed by atoms with E-state index >= 15 is 0 Å². The molecule has 3 aromatic rings. The van der Waals surface area contributed by atoms with Gasteiger partial charge in [0.2, 0.25) is 0 Å². The molecule has 2 N–H and O–H groups in total. The molecule has 0 aliphatic heterocycles. The van der Waals surface area contributed by atoms with E-state index in [1.54, 1.807) is 53.9 Å². The van der Waals surface area contributed by atoms with Crippen LogP contribution in [0.25, 0.3) is 0 Å². The maximum atomic E-state index is 13.2. The van der Waals surface area contributed by atoms with Gasteiger partial charge in [-0.1, -0.05) is 23.8 Å². The number of thiophene rings is 1. The number of furan rings is 1. The lowest BCUT2D eigenvalue weighted by atomic mass is 10.2. The molecule has 3 rings (SSSR count). The highest BCUT2D eigenvalue weighted by atomic mass is 32.2. The fraction of sp³-hybridized carbons (Fsp3) is 0.238. The number of sulfone groups is 1. The van der Waals surface area contributed by atoms with E-state index in [4.69, 9.17) is 4.42 Å². The molecule has 0 saturated carbocycles. The van der Waals surface area contributed by atoms with Crippen LogP contribution in [0.5, 0.6) is 0 Å². The van der Waals surface area contributed by atoms with Gasteiger partial charge in [-0.05, 0) is 42.6 Å². The second-order valence-corrected chi connectivity index (χ2v) is 9.77. The number of rotatable bonds is 8. The predicted molar refractivity (Wildman–Crippen MR) is 114 cm³/mol. The smallest absolute Gasteiger partial charge is 0.309 e. The monoisotopic (exact) mass is 446 g/mol. The minimum Gasteiger partial charge on any atom is -0.469 e. The van der Waals surface area contributed by atoms with Crippen molar-refractivity contribution in [2.75, 3.05) is 13.1 Å². The minimum atomic E-state index is -3.76. The minimum absolute atomic E-state index is 0.170. The first-order valence-corrected chi connectivity index (χ1v) is 11.7. The van der Waals surface area contributed by atoms with Gasteiger partial charge in [-0.15, -0.1) is 11.3 Å². The van der Waals surface area contributed by atoms with E-state index in [0.717, 1.165) is 5.56 Å². The summed E-state index contributed by atoms with van der Waals surface area (Å²) < 4.78 is 31.5. The molecular formula is C21H22N2O5S2. The van der Waals surface area contributed by atoms with E-state index < -0.39 is 26.9 Å². The summed E-state index contributed by atoms with van der Waals surface area (Å²) >= 11 is 1.29. The molecule has 30 heavy (non-hydrogen) atoms. The van der Waals surface area contributed by atoms with Gasteiger partial charge in [0.05, 0.1) is 11.2 Å². The highest BCUT2D eigenvalue weighted by molar-refractivity contribution is 7.91. The van der Waals surface area contributed by atoms with E-state index in [2.05, 4.69) is 10.6 Å². The SMILES string of the molecule is Cc1ccc(S(=O)(=O)[C@H](CNC(=O)C(=O)NCCc2ccco2)c2cccs2)cc1. The first-order chi connectivity index (χ1) is 14.4. The normalized spacial score (nSPS) is 12.3. The Morgan fingerprint density at radius 1 is 1.03 bits per heavy atom. The molecule has 158 valence electrons. The van der Waals surface area contributed by atoms with E-state index in [9.17, 15) is 18.0 Å². The molecule has 9 heteroatoms. The van der Waals surface area contributed by atoms with Gasteiger partial charge in [-0.3, -0.25) is 9.59 Å². The number of aryl methyl sites for hydroxylation is 1. The van der Waals surface area contributed by atoms with Crippen molar-refractivity contribution in [1.82, 2.24) is 10.6 Å². The van der Waals surface area contributed by atoms with E-state index in [0.29, 0.717) is 17.1 Å². The Kier molecular flexibility index (Phi) is 7.07. The highest BCUT2D eigenvalue weighted by Gasteiger charge is 2.31. The molecule has 2 amide bonds. The van der Waals surface area contributed by atoms with Crippen LogP contribution >= 0.6 is 11.3 Å². The molecule has 0 bridgehead atoms. The van der Waals surface area contributed by atoms with Gasteiger partial charge in [0, 0.05) is 24.4 Å². The van der Waals surface area contributed by atoms with Crippen molar-refractivity contribution >= 4 is 33.0 Å². The van der Waals surface area contributed by atoms with Crippen molar-refractivity contribution in [3.63, 3.8) is 0 Å². The van der Waals surface area contributed by atoms with Gasteiger partial charge in [0.1, 0.15) is 11.0 Å². The molecule has 0 spiro atoms. The molecule has 2 aromatic heterocycles. The average Bonchev–Trinajstić information content (AvgIpc) is 3.42. The summed E-state index contributed by atoms with van der Waals surface area (Å²) in [5, 5.41) is 5.74. The van der Waals surface area contributed by atoms with Gasteiger partial charge < -0.3 is 15.1 Å². The average molecular weight is 447 g/mol. The van der Waals surface area contributed by atoms with Crippen LogP contribution in [0.2, 0.25) is 0 Å². The van der Waals surface area contributed by atoms with Crippen LogP contribution in [-0.2, 0) is 25.8 Å². The number of hydrogen-bond donors (Lipinski definition) is 2. The summed E-state index contributed by atoms with van der Waals surface area (Å²) in [7, 11) is -3.76. The summed E-state index contributed by atoms with van der Waals surface area (Å²) in [6, 6.07) is 13.5. The van der Waals surface area contributed by atoms with Gasteiger partial charge in [-0.25, -0.2) is 8.42 Å². The summed E-state index contributed by atoms with van der Waals surface area (Å²) in [6.45, 7) is 1.90. The van der Waals surface area contributed by atoms with Crippen LogP contribution in [0.4, 0.5) is 0 Å². The third kappa shape index (κ3) is 5.37. The van der Waals surface area contributed by atoms with Gasteiger partial charge in [-0.2, -0.15) is 0 Å². The number of hydrogen-bond acceptors (Lipinski definition) is 6. The maximum absolute atomic E-state index is 13.2. The molecule has 7 nitrogen and oxygen atoms in total. The third-order valence-corrected chi connectivity index (χ3v) is 7.71. The fourth-order valence-electron chi connectivity index (χ4n) is 2.83. The number of amides is 2. The first-order valence-electron chi connectivity index (χ1n) is 9.30. The summed E-state index contributed by atoms with van der Waals surface area (Å²) in [4.78, 5) is 25.0. The lowest BCUT2D eigenvalue weighted by molar-refractivity contribution is -0.139. The third-order valence-electron chi connectivity index (χ3n) is 4.48. The highest BCUT2D eigenvalue weighted by Crippen LogP contribution is 2.31. The topological polar surface area (TPSA) is 105 Å². The van der Waals surface area contributed by atoms with Gasteiger partial charge in [0.25, 0.3) is 0 Å². The largest absolute Gasteiger partial charge is 0.469 e. The molecule has 2 heterocycles. The lowest BCUT2D eigenvalue weighted by Crippen LogP contribution is -2.42. The number of carbonyl (C=O) groups is 2. The number of carbonyl (C=O) groups excluding carboxylic acids is 2. The molecule has 0 aliphatic rings. The van der Waals surface area contributed by atoms with E-state index in [1.807, 2.05) is 6.92 Å². The zero-order valence-electron chi connectivity index (χ0n) is 16.3. The van der Waals surface area contributed by atoms with Crippen LogP contribution in [0.15, 0.2) is 69.5 Å². The lowest BCUT2D eigenvalue weighted by Gasteiger charge is -2.17. The second-order valence-electron chi connectivity index (χ2n) is 6.66. The van der Waals surface area contributed by atoms with E-state index in [-0.39, 0.29) is 18.0 Å². The molecule has 0 saturated heterocycles. The molecule has 0 unspecified atom stereocenters. The Hall–Kier alpha value is -2.91. The van der Waals surface area contributed by atoms with Crippen molar-refractivity contribution in [1.29, 1.82) is 0 Å². The van der Waals surface area contributed by atoms with Crippen molar-refractivity contribution in [2.45, 2.75) is 23.5 Å². The molecule has 1 atom stereocenters. The van der Waals surface area contributed by atoms with Crippen LogP contribution in [-0.4, -0.2) is 33.3 Å². The quantitative estimate of drug-likeness (QED) is 0.518. The molecule has 0 radical (unpaired) electrons. The van der Waals surface area contributed by atoms with Crippen LogP contribution in [0, 0.1) is 6.92 Å². The van der Waals surface area contributed by atoms with Crippen molar-refractivity contribution < 1.29 is 22.4 Å². The molecule has 1 aromatic carbocycles. The Bertz CT molecular complexity index is 1070. The van der Waals surface area contributed by atoms with Crippen molar-refractivity contribution in [3.05, 3.63) is 76.4 Å². The van der Waals surface area contributed by atoms with Gasteiger partial charge in [0.15, 0.2) is 9.84 Å². The molecule has 0 fully saturated rings. The van der Waals surface area contributed by atoms with Crippen LogP contribution in [0.1, 0.15) is 21.5 Å². The first kappa shape index (κ1) is 21.8. The summed E-state index contributed by atoms with van der Waals surface area (Å²) in [5.41, 5.74) is 0.946. The Balaban J connectivity index is 1.65. The summed E-state index contributed by atoms with van der Waals surface area (Å²) in [6.07, 6.45) is 1.98. The van der Waals surface area contributed by atoms with Crippen molar-refractivity contribution in [2.24, 2.45) is 0 Å². The Morgan fingerprint density at radius 2 is 1.77 bits per heavy atom. The van der Waals surface area contributed by atoms with Crippen LogP contribution < -0.4 is 10.6 Å². The zero-order chi connectivity index (χ0) is 21.6. The Morgan fingerprint density at radius 3 is 2.40 bits per heavy atom. The predicted octanol–water partition coefficient (Wildman–Crippen LogP) is 2.64. The van der Waals surface area contributed by atoms with Crippen LogP contribution in [0.3, 0.4) is 0 Å². The fourth-order valence-corrected chi connectivity index (χ4v) is 5.61. The summed E-state index contributed by atoms with van der Waals surface area (Å²) in [5.74, 6) is -1.01. The standard InChI is InChI=1S/C21H22N2O5S2/c1-15-6-8-17(9-7-15)30(26,27)19(18-5-3-13-29-18)14-23-21(25)20(24)22-11-10-16-4-2-12-28-16/h2-9,12-13,19H,10-11,14H2,1H3,(H,22,24)(H,23,25)/t19-/m1/s1. The number of nitrogens with one attached hydrogen (secondary N) is 2. The van der Waals surface area contributed by atoms with Gasteiger partial charge >= 0.3 is 11.8 Å². The van der Waals surface area contributed by atoms with E-state index in [1.165, 1.54) is 17.6 Å². The second kappa shape index (κ2) is 9.73. The zero-order valence-corrected chi connectivity index (χ0v) is 18.0. The molecular weight excluding hydrogens is 424 g/mol. The maximum Gasteiger partial charge on any atom is 0.309 e. The Labute approximate surface area is 179 Å². The van der Waals surface area contributed by atoms with Crippen molar-refractivity contribution in [3.8, 4) is 0 Å².